The summed E-state index contributed by atoms with van der Waals surface area (Å²) in [5.74, 6) is 1.16. The van der Waals surface area contributed by atoms with Crippen molar-refractivity contribution in [3.05, 3.63) is 0 Å². The van der Waals surface area contributed by atoms with E-state index in [1.165, 1.54) is 29.1 Å². The maximum absolute atomic E-state index is 8.61. The zero-order valence-corrected chi connectivity index (χ0v) is 7.08. The van der Waals surface area contributed by atoms with E-state index >= 15 is 0 Å². The van der Waals surface area contributed by atoms with E-state index in [-0.39, 0.29) is 0 Å². The van der Waals surface area contributed by atoms with E-state index in [1.807, 2.05) is 0 Å². The van der Waals surface area contributed by atoms with Gasteiger partial charge in [-0.25, -0.2) is 0 Å². The normalized spacial score (nSPS) is 14.3. The Morgan fingerprint density at radius 2 is 0.833 bits per heavy atom. The molecule has 6 heteroatoms. The van der Waals surface area contributed by atoms with Crippen LogP contribution in [0.1, 0.15) is 0 Å². The molecule has 0 heterocycles. The first kappa shape index (κ1) is 9.88. The van der Waals surface area contributed by atoms with Crippen LogP contribution in [-0.4, -0.2) is 6.66 Å². The molecule has 0 aromatic rings. The van der Waals surface area contributed by atoms with Crippen molar-refractivity contribution in [2.45, 2.75) is 0 Å². The Morgan fingerprint density at radius 3 is 0.833 bits per heavy atom. The van der Waals surface area contributed by atoms with Gasteiger partial charge < -0.3 is 0 Å². The standard InChI is InChI=1S/C6H3N5P/c1-12(2-7,3-8,4-9,5-10)6-11/h1H3/q-1. The minimum absolute atomic E-state index is 0.838. The first-order chi connectivity index (χ1) is 5.39. The van der Waals surface area contributed by atoms with Crippen LogP contribution >= 0.6 is 5.94 Å². The molecule has 0 rings (SSSR count). The van der Waals surface area contributed by atoms with E-state index in [0.717, 1.165) is 6.66 Å². The second kappa shape index (κ2) is 1.72. The van der Waals surface area contributed by atoms with Gasteiger partial charge in [0.2, 0.25) is 0 Å². The van der Waals surface area contributed by atoms with Crippen molar-refractivity contribution in [3.8, 4) is 29.1 Å². The molecule has 5 nitrogen and oxygen atoms in total. The predicted molar refractivity (Wildman–Crippen MR) is 40.9 cm³/mol. The summed E-state index contributed by atoms with van der Waals surface area (Å²) in [6.07, 6.45) is 0. The molecule has 0 radical (unpaired) electrons. The Morgan fingerprint density at radius 1 is 0.667 bits per heavy atom. The monoisotopic (exact) mass is 176 g/mol. The first-order valence-electron chi connectivity index (χ1n) is 2.68. The van der Waals surface area contributed by atoms with E-state index < -0.39 is 5.94 Å². The molecular weight excluding hydrogens is 173 g/mol. The maximum atomic E-state index is 8.61. The van der Waals surface area contributed by atoms with Gasteiger partial charge in [0.15, 0.2) is 0 Å². The van der Waals surface area contributed by atoms with Gasteiger partial charge in [0.25, 0.3) is 0 Å². The van der Waals surface area contributed by atoms with Crippen LogP contribution in [0.4, 0.5) is 0 Å². The fourth-order valence-electron chi connectivity index (χ4n) is 0.224. The average Bonchev–Trinajstić information content (AvgIpc) is 2.19. The number of rotatable bonds is 0. The second-order valence-corrected chi connectivity index (χ2v) is 8.21. The van der Waals surface area contributed by atoms with Crippen molar-refractivity contribution in [2.75, 3.05) is 6.66 Å². The Balaban J connectivity index is 6.52. The summed E-state index contributed by atoms with van der Waals surface area (Å²) in [5, 5.41) is 43.0. The molecule has 0 saturated carbocycles. The molecule has 0 spiro atoms. The van der Waals surface area contributed by atoms with Crippen LogP contribution in [0.25, 0.3) is 0 Å². The topological polar surface area (TPSA) is 119 Å². The Hall–Kier alpha value is -2.12. The van der Waals surface area contributed by atoms with Gasteiger partial charge in [0.05, 0.1) is 0 Å². The number of nitrogens with zero attached hydrogens (tertiary/aromatic N) is 5. The number of hydrogen-bond donors (Lipinski definition) is 0. The van der Waals surface area contributed by atoms with Gasteiger partial charge in [-0.1, -0.05) is 0 Å². The van der Waals surface area contributed by atoms with Gasteiger partial charge in [-0.3, -0.25) is 0 Å². The zero-order chi connectivity index (χ0) is 9.94. The summed E-state index contributed by atoms with van der Waals surface area (Å²) in [5.41, 5.74) is 0. The van der Waals surface area contributed by atoms with E-state index in [4.69, 9.17) is 26.3 Å². The molecule has 0 aliphatic heterocycles. The Labute approximate surface area is 68.8 Å². The molecule has 0 fully saturated rings. The SMILES string of the molecule is C[P-](C#N)(C#N)(C#N)(C#N)C#N. The summed E-state index contributed by atoms with van der Waals surface area (Å²) in [6.45, 7) is 0.838. The molecule has 0 amide bonds. The molecule has 0 saturated heterocycles. The Kier molecular flexibility index (Phi) is 1.42. The van der Waals surface area contributed by atoms with Gasteiger partial charge in [-0.05, 0) is 0 Å². The van der Waals surface area contributed by atoms with E-state index in [1.54, 1.807) is 0 Å². The molecular formula is C6H3N5P-. The van der Waals surface area contributed by atoms with Crippen molar-refractivity contribution in [1.82, 2.24) is 0 Å². The third kappa shape index (κ3) is 0.713. The van der Waals surface area contributed by atoms with Gasteiger partial charge in [0.1, 0.15) is 0 Å². The molecule has 58 valence electrons. The van der Waals surface area contributed by atoms with Crippen molar-refractivity contribution in [3.63, 3.8) is 0 Å². The number of nitriles is 5. The van der Waals surface area contributed by atoms with Crippen LogP contribution in [0.3, 0.4) is 0 Å². The van der Waals surface area contributed by atoms with Gasteiger partial charge in [0, 0.05) is 0 Å². The molecule has 0 unspecified atom stereocenters. The molecule has 0 N–H and O–H groups in total. The summed E-state index contributed by atoms with van der Waals surface area (Å²) in [6, 6.07) is 0. The second-order valence-electron chi connectivity index (χ2n) is 2.74. The summed E-state index contributed by atoms with van der Waals surface area (Å²) in [4.78, 5) is 0. The van der Waals surface area contributed by atoms with Crippen LogP contribution in [-0.2, 0) is 0 Å². The molecule has 0 aliphatic carbocycles. The fraction of sp³-hybridized carbons (Fsp3) is 0.167. The van der Waals surface area contributed by atoms with Crippen molar-refractivity contribution < 1.29 is 0 Å². The van der Waals surface area contributed by atoms with Crippen LogP contribution in [0.5, 0.6) is 0 Å². The van der Waals surface area contributed by atoms with Crippen molar-refractivity contribution >= 4 is 5.94 Å². The van der Waals surface area contributed by atoms with E-state index in [9.17, 15) is 0 Å². The molecule has 0 aromatic carbocycles. The molecule has 0 bridgehead atoms. The Bertz CT molecular complexity index is 348. The van der Waals surface area contributed by atoms with Crippen LogP contribution < -0.4 is 0 Å². The first-order valence-corrected chi connectivity index (χ1v) is 5.81. The van der Waals surface area contributed by atoms with Crippen molar-refractivity contribution in [2.24, 2.45) is 0 Å². The average molecular weight is 176 g/mol. The van der Waals surface area contributed by atoms with Crippen LogP contribution in [0, 0.1) is 55.4 Å². The third-order valence-electron chi connectivity index (χ3n) is 1.50. The van der Waals surface area contributed by atoms with Crippen LogP contribution in [0.2, 0.25) is 0 Å². The van der Waals surface area contributed by atoms with Gasteiger partial charge >= 0.3 is 68.0 Å². The van der Waals surface area contributed by atoms with Gasteiger partial charge in [-0.2, -0.15) is 0 Å². The zero-order valence-electron chi connectivity index (χ0n) is 6.18. The van der Waals surface area contributed by atoms with Crippen molar-refractivity contribution in [1.29, 1.82) is 26.3 Å². The van der Waals surface area contributed by atoms with Crippen LogP contribution in [0.15, 0.2) is 0 Å². The molecule has 12 heavy (non-hydrogen) atoms. The quantitative estimate of drug-likeness (QED) is 0.512. The fourth-order valence-corrected chi connectivity index (χ4v) is 0.671. The van der Waals surface area contributed by atoms with E-state index in [2.05, 4.69) is 0 Å². The third-order valence-corrected chi connectivity index (χ3v) is 4.50. The molecule has 0 aromatic heterocycles. The minimum atomic E-state index is -5.32. The predicted octanol–water partition coefficient (Wildman–Crippen LogP) is 1.11. The van der Waals surface area contributed by atoms with Gasteiger partial charge in [-0.15, -0.1) is 0 Å². The summed E-state index contributed by atoms with van der Waals surface area (Å²) >= 11 is 0. The van der Waals surface area contributed by atoms with E-state index in [0.29, 0.717) is 0 Å². The molecule has 0 atom stereocenters. The number of hydrogen-bond acceptors (Lipinski definition) is 5. The molecule has 0 aliphatic rings. The summed E-state index contributed by atoms with van der Waals surface area (Å²) < 4.78 is 0. The summed E-state index contributed by atoms with van der Waals surface area (Å²) in [7, 11) is 0.